The Labute approximate surface area is 143 Å². The van der Waals surface area contributed by atoms with E-state index < -0.39 is 0 Å². The Balaban J connectivity index is 1.99. The van der Waals surface area contributed by atoms with E-state index in [2.05, 4.69) is 25.2 Å². The lowest BCUT2D eigenvalue weighted by Crippen LogP contribution is -2.28. The molecule has 126 valence electrons. The monoisotopic (exact) mass is 333 g/mol. The highest BCUT2D eigenvalue weighted by atomic mass is 32.1. The Morgan fingerprint density at radius 2 is 2.04 bits per heavy atom. The second-order valence-electron chi connectivity index (χ2n) is 6.98. The Hall–Kier alpha value is -1.13. The smallest absolute Gasteiger partial charge is 0.348 e. The number of hydrogen-bond acceptors (Lipinski definition) is 4. The van der Waals surface area contributed by atoms with Crippen LogP contribution < -0.4 is 5.32 Å². The van der Waals surface area contributed by atoms with Crippen molar-refractivity contribution in [2.75, 3.05) is 20.2 Å². The van der Waals surface area contributed by atoms with Crippen molar-refractivity contribution in [1.82, 2.24) is 5.32 Å². The van der Waals surface area contributed by atoms with Crippen molar-refractivity contribution < 1.29 is 9.53 Å². The number of hydrogen-bond donors (Lipinski definition) is 1. The minimum Gasteiger partial charge on any atom is -0.465 e. The van der Waals surface area contributed by atoms with Gasteiger partial charge in [-0.2, -0.15) is 0 Å². The van der Waals surface area contributed by atoms with Crippen LogP contribution in [-0.2, 0) is 4.74 Å². The molecule has 1 aromatic rings. The third kappa shape index (κ3) is 3.53. The van der Waals surface area contributed by atoms with Crippen LogP contribution >= 0.6 is 11.3 Å². The summed E-state index contributed by atoms with van der Waals surface area (Å²) < 4.78 is 5.00. The number of esters is 1. The zero-order valence-electron chi connectivity index (χ0n) is 14.4. The standard InChI is InChI=1S/C19H27NO2S/c1-12-4-6-14(7-5-12)15-8-9-20-11-17(15)16-10-13(2)23-18(16)19(21)22-3/h10,12,14,20H,4-9,11H2,1-3H3. The van der Waals surface area contributed by atoms with Gasteiger partial charge in [-0.1, -0.05) is 25.3 Å². The van der Waals surface area contributed by atoms with E-state index in [4.69, 9.17) is 4.74 Å². The van der Waals surface area contributed by atoms with Crippen molar-refractivity contribution in [3.63, 3.8) is 0 Å². The van der Waals surface area contributed by atoms with Crippen molar-refractivity contribution in [3.05, 3.63) is 27.0 Å². The van der Waals surface area contributed by atoms with Crippen LogP contribution in [0.1, 0.15) is 59.1 Å². The van der Waals surface area contributed by atoms with E-state index >= 15 is 0 Å². The predicted octanol–water partition coefficient (Wildman–Crippen LogP) is 4.42. The van der Waals surface area contributed by atoms with Gasteiger partial charge in [0.15, 0.2) is 0 Å². The molecule has 0 bridgehead atoms. The van der Waals surface area contributed by atoms with Gasteiger partial charge in [0.25, 0.3) is 0 Å². The van der Waals surface area contributed by atoms with E-state index in [-0.39, 0.29) is 5.97 Å². The lowest BCUT2D eigenvalue weighted by Gasteiger charge is -2.32. The van der Waals surface area contributed by atoms with Gasteiger partial charge in [0.2, 0.25) is 0 Å². The van der Waals surface area contributed by atoms with E-state index in [1.807, 2.05) is 0 Å². The molecule has 1 aliphatic heterocycles. The second-order valence-corrected chi connectivity index (χ2v) is 8.24. The fourth-order valence-corrected chi connectivity index (χ4v) is 4.97. The number of rotatable bonds is 3. The summed E-state index contributed by atoms with van der Waals surface area (Å²) >= 11 is 1.55. The van der Waals surface area contributed by atoms with E-state index in [0.29, 0.717) is 5.92 Å². The molecule has 2 heterocycles. The number of carbonyl (C=O) groups excluding carboxylic acids is 1. The first-order valence-electron chi connectivity index (χ1n) is 8.72. The molecule has 1 N–H and O–H groups in total. The van der Waals surface area contributed by atoms with Crippen molar-refractivity contribution >= 4 is 22.9 Å². The Morgan fingerprint density at radius 1 is 1.30 bits per heavy atom. The van der Waals surface area contributed by atoms with Crippen LogP contribution in [0.25, 0.3) is 5.57 Å². The van der Waals surface area contributed by atoms with Gasteiger partial charge in [-0.3, -0.25) is 0 Å². The Bertz CT molecular complexity index is 609. The first kappa shape index (κ1) is 16.7. The molecule has 3 rings (SSSR count). The van der Waals surface area contributed by atoms with Crippen LogP contribution in [-0.4, -0.2) is 26.2 Å². The molecule has 1 aromatic heterocycles. The molecule has 0 aromatic carbocycles. The van der Waals surface area contributed by atoms with Gasteiger partial charge in [-0.15, -0.1) is 11.3 Å². The second kappa shape index (κ2) is 7.18. The van der Waals surface area contributed by atoms with Gasteiger partial charge in [0.05, 0.1) is 7.11 Å². The topological polar surface area (TPSA) is 38.3 Å². The maximum atomic E-state index is 12.2. The van der Waals surface area contributed by atoms with E-state index in [9.17, 15) is 4.79 Å². The SMILES string of the molecule is COC(=O)c1sc(C)cc1C1=C(C2CCC(C)CC2)CCNC1. The number of carbonyl (C=O) groups is 1. The van der Waals surface area contributed by atoms with Gasteiger partial charge in [0.1, 0.15) is 4.88 Å². The highest BCUT2D eigenvalue weighted by Gasteiger charge is 2.28. The van der Waals surface area contributed by atoms with Crippen LogP contribution in [0.4, 0.5) is 0 Å². The lowest BCUT2D eigenvalue weighted by atomic mass is 9.75. The molecule has 3 nitrogen and oxygen atoms in total. The molecule has 23 heavy (non-hydrogen) atoms. The molecular weight excluding hydrogens is 306 g/mol. The molecule has 0 atom stereocenters. The number of thiophene rings is 1. The quantitative estimate of drug-likeness (QED) is 0.832. The zero-order chi connectivity index (χ0) is 16.4. The Morgan fingerprint density at radius 3 is 2.74 bits per heavy atom. The first-order chi connectivity index (χ1) is 11.1. The van der Waals surface area contributed by atoms with Gasteiger partial charge >= 0.3 is 5.97 Å². The van der Waals surface area contributed by atoms with Crippen LogP contribution in [0.15, 0.2) is 11.6 Å². The summed E-state index contributed by atoms with van der Waals surface area (Å²) in [6, 6.07) is 2.17. The van der Waals surface area contributed by atoms with Crippen LogP contribution in [0.2, 0.25) is 0 Å². The normalized spacial score (nSPS) is 25.5. The van der Waals surface area contributed by atoms with Crippen molar-refractivity contribution in [1.29, 1.82) is 0 Å². The molecule has 0 unspecified atom stereocenters. The van der Waals surface area contributed by atoms with Gasteiger partial charge in [-0.05, 0) is 56.2 Å². The van der Waals surface area contributed by atoms with E-state index in [1.165, 1.54) is 43.2 Å². The van der Waals surface area contributed by atoms with Crippen molar-refractivity contribution in [3.8, 4) is 0 Å². The highest BCUT2D eigenvalue weighted by Crippen LogP contribution is 2.40. The molecule has 0 radical (unpaired) electrons. The summed E-state index contributed by atoms with van der Waals surface area (Å²) in [7, 11) is 1.47. The highest BCUT2D eigenvalue weighted by molar-refractivity contribution is 7.14. The lowest BCUT2D eigenvalue weighted by molar-refractivity contribution is 0.0606. The van der Waals surface area contributed by atoms with Crippen LogP contribution in [0.3, 0.4) is 0 Å². The van der Waals surface area contributed by atoms with Gasteiger partial charge in [-0.25, -0.2) is 4.79 Å². The van der Waals surface area contributed by atoms with Gasteiger partial charge < -0.3 is 10.1 Å². The number of aryl methyl sites for hydroxylation is 1. The summed E-state index contributed by atoms with van der Waals surface area (Å²) in [5.74, 6) is 1.37. The zero-order valence-corrected chi connectivity index (χ0v) is 15.2. The molecule has 1 fully saturated rings. The minimum atomic E-state index is -0.201. The molecule has 2 aliphatic rings. The average Bonchev–Trinajstić information content (AvgIpc) is 2.96. The van der Waals surface area contributed by atoms with Crippen molar-refractivity contribution in [2.24, 2.45) is 11.8 Å². The average molecular weight is 333 g/mol. The maximum absolute atomic E-state index is 12.2. The van der Waals surface area contributed by atoms with Crippen LogP contribution in [0, 0.1) is 18.8 Å². The molecule has 0 amide bonds. The predicted molar refractivity (Wildman–Crippen MR) is 95.9 cm³/mol. The first-order valence-corrected chi connectivity index (χ1v) is 9.53. The van der Waals surface area contributed by atoms with Gasteiger partial charge in [0, 0.05) is 17.0 Å². The molecular formula is C19H27NO2S. The number of nitrogens with one attached hydrogen (secondary N) is 1. The molecule has 1 aliphatic carbocycles. The fraction of sp³-hybridized carbons (Fsp3) is 0.632. The van der Waals surface area contributed by atoms with E-state index in [1.54, 1.807) is 16.9 Å². The third-order valence-corrected chi connectivity index (χ3v) is 6.35. The molecule has 0 spiro atoms. The summed E-state index contributed by atoms with van der Waals surface area (Å²) in [5.41, 5.74) is 4.07. The summed E-state index contributed by atoms with van der Waals surface area (Å²) in [4.78, 5) is 14.1. The molecule has 1 saturated carbocycles. The third-order valence-electron chi connectivity index (χ3n) is 5.32. The fourth-order valence-electron chi connectivity index (χ4n) is 4.01. The van der Waals surface area contributed by atoms with Crippen molar-refractivity contribution in [2.45, 2.75) is 46.0 Å². The summed E-state index contributed by atoms with van der Waals surface area (Å²) in [5, 5.41) is 3.50. The minimum absolute atomic E-state index is 0.201. The van der Waals surface area contributed by atoms with Crippen LogP contribution in [0.5, 0.6) is 0 Å². The molecule has 0 saturated heterocycles. The Kier molecular flexibility index (Phi) is 5.22. The maximum Gasteiger partial charge on any atom is 0.348 e. The number of ether oxygens (including phenoxy) is 1. The van der Waals surface area contributed by atoms with E-state index in [0.717, 1.165) is 35.9 Å². The number of methoxy groups -OCH3 is 1. The largest absolute Gasteiger partial charge is 0.465 e. The summed E-state index contributed by atoms with van der Waals surface area (Å²) in [6.45, 7) is 6.37. The molecule has 4 heteroatoms. The summed E-state index contributed by atoms with van der Waals surface area (Å²) in [6.07, 6.45) is 6.39.